The van der Waals surface area contributed by atoms with Crippen LogP contribution in [0, 0.1) is 0 Å². The quantitative estimate of drug-likeness (QED) is 0.0425. The SMILES string of the molecule is CCCCC(=O)OCC1(C)Nc2cccc3c(N=Nc4ccc(N)c5ccccc45)ccc(c23)N1.Nc1ccccc1.O=C1NC2CSC[C@@H]2N1. The average molecular weight is 705 g/mol. The Kier molecular flexibility index (Phi) is 11.1. The second-order valence-corrected chi connectivity index (χ2v) is 14.0. The number of azo groups is 1. The smallest absolute Gasteiger partial charge is 0.315 e. The molecule has 12 heteroatoms. The van der Waals surface area contributed by atoms with Gasteiger partial charge in [-0.15, -0.1) is 10.2 Å². The monoisotopic (exact) mass is 704 g/mol. The highest BCUT2D eigenvalue weighted by Gasteiger charge is 2.35. The Balaban J connectivity index is 0.000000227. The minimum absolute atomic E-state index is 0.00491. The van der Waals surface area contributed by atoms with Crippen LogP contribution >= 0.6 is 11.8 Å². The van der Waals surface area contributed by atoms with E-state index in [0.717, 1.165) is 80.0 Å². The van der Waals surface area contributed by atoms with E-state index in [1.165, 1.54) is 0 Å². The molecule has 0 aliphatic carbocycles. The number of benzene rings is 5. The Bertz CT molecular complexity index is 2010. The number of hydrogen-bond acceptors (Lipinski definition) is 10. The highest BCUT2D eigenvalue weighted by atomic mass is 32.2. The van der Waals surface area contributed by atoms with Crippen LogP contribution in [0.1, 0.15) is 33.1 Å². The van der Waals surface area contributed by atoms with Crippen molar-refractivity contribution >= 4 is 79.4 Å². The van der Waals surface area contributed by atoms with Crippen LogP contribution in [0.15, 0.2) is 107 Å². The molecule has 5 aromatic rings. The number of urea groups is 1. The third kappa shape index (κ3) is 8.64. The summed E-state index contributed by atoms with van der Waals surface area (Å²) in [6, 6.07) is 32.0. The lowest BCUT2D eigenvalue weighted by Crippen LogP contribution is -2.49. The summed E-state index contributed by atoms with van der Waals surface area (Å²) in [7, 11) is 0. The molecule has 11 nitrogen and oxygen atoms in total. The van der Waals surface area contributed by atoms with Gasteiger partial charge in [0, 0.05) is 62.2 Å². The zero-order chi connectivity index (χ0) is 35.8. The molecular weight excluding hydrogens is 661 g/mol. The summed E-state index contributed by atoms with van der Waals surface area (Å²) in [4.78, 5) is 22.7. The maximum atomic E-state index is 12.0. The van der Waals surface area contributed by atoms with Crippen LogP contribution in [0.5, 0.6) is 0 Å². The number of carbonyl (C=O) groups is 2. The normalized spacial score (nSPS) is 19.8. The number of carbonyl (C=O) groups excluding carboxylic acids is 2. The number of nitrogens with two attached hydrogens (primary N) is 2. The number of nitrogens with one attached hydrogen (secondary N) is 4. The molecule has 2 unspecified atom stereocenters. The molecule has 3 atom stereocenters. The van der Waals surface area contributed by atoms with Gasteiger partial charge in [-0.25, -0.2) is 4.79 Å². The molecule has 8 N–H and O–H groups in total. The maximum absolute atomic E-state index is 12.0. The highest BCUT2D eigenvalue weighted by molar-refractivity contribution is 7.99. The van der Waals surface area contributed by atoms with E-state index < -0.39 is 5.66 Å². The zero-order valence-electron chi connectivity index (χ0n) is 28.8. The van der Waals surface area contributed by atoms with Gasteiger partial charge in [0.1, 0.15) is 12.3 Å². The molecule has 264 valence electrons. The Morgan fingerprint density at radius 1 is 0.804 bits per heavy atom. The molecule has 0 saturated carbocycles. The van der Waals surface area contributed by atoms with E-state index >= 15 is 0 Å². The van der Waals surface area contributed by atoms with Gasteiger partial charge in [0.25, 0.3) is 0 Å². The molecule has 8 rings (SSSR count). The molecule has 3 heterocycles. The molecule has 0 bridgehead atoms. The molecule has 2 fully saturated rings. The summed E-state index contributed by atoms with van der Waals surface area (Å²) in [6.45, 7) is 4.26. The second-order valence-electron chi connectivity index (χ2n) is 12.9. The van der Waals surface area contributed by atoms with E-state index in [2.05, 4.69) is 38.4 Å². The Morgan fingerprint density at radius 3 is 2.08 bits per heavy atom. The lowest BCUT2D eigenvalue weighted by atomic mass is 9.99. The van der Waals surface area contributed by atoms with Crippen molar-refractivity contribution in [3.8, 4) is 0 Å². The van der Waals surface area contributed by atoms with Crippen LogP contribution in [0.4, 0.5) is 38.9 Å². The average Bonchev–Trinajstić information content (AvgIpc) is 3.72. The number of hydrogen-bond donors (Lipinski definition) is 6. The van der Waals surface area contributed by atoms with Crippen molar-refractivity contribution in [2.24, 2.45) is 10.2 Å². The first kappa shape index (κ1) is 35.3. The Hall–Kier alpha value is -5.49. The molecule has 3 aliphatic heterocycles. The molecular formula is C39H44N8O3S. The van der Waals surface area contributed by atoms with Gasteiger partial charge in [-0.1, -0.05) is 67.9 Å². The summed E-state index contributed by atoms with van der Waals surface area (Å²) in [5.74, 6) is 1.97. The van der Waals surface area contributed by atoms with Crippen molar-refractivity contribution < 1.29 is 14.3 Å². The maximum Gasteiger partial charge on any atom is 0.315 e. The molecule has 3 aliphatic rings. The number of nitrogens with zero attached hydrogens (tertiary/aromatic N) is 2. The molecule has 0 aromatic heterocycles. The Morgan fingerprint density at radius 2 is 1.41 bits per heavy atom. The van der Waals surface area contributed by atoms with Crippen molar-refractivity contribution in [2.75, 3.05) is 40.2 Å². The topological polar surface area (TPSA) is 168 Å². The van der Waals surface area contributed by atoms with Gasteiger partial charge in [-0.2, -0.15) is 11.8 Å². The van der Waals surface area contributed by atoms with Gasteiger partial charge < -0.3 is 37.5 Å². The van der Waals surface area contributed by atoms with Gasteiger partial charge in [0.2, 0.25) is 0 Å². The fourth-order valence-electron chi connectivity index (χ4n) is 6.17. The highest BCUT2D eigenvalue weighted by Crippen LogP contribution is 2.42. The molecule has 5 aromatic carbocycles. The van der Waals surface area contributed by atoms with Crippen molar-refractivity contribution in [3.63, 3.8) is 0 Å². The summed E-state index contributed by atoms with van der Waals surface area (Å²) in [5, 5.41) is 25.8. The standard InChI is InChI=1S/C28H29N5O2.C6H7N.C5H8N2OS/c1-3-4-12-26(34)35-17-28(2)30-24-11-7-10-20-23(15-16-25(31-28)27(20)24)33-32-22-14-13-21(29)18-8-5-6-9-19(18)22;7-6-4-2-1-3-5-6;8-5-6-3-1-9-2-4(3)7-5/h5-11,13-16,30-31H,3-4,12,17,29H2,1-2H3;1-5H,7H2;3-4H,1-2H2,(H2,6,7,8)/t;;3-,4?/m..0/s1. The zero-order valence-corrected chi connectivity index (χ0v) is 29.6. The van der Waals surface area contributed by atoms with Gasteiger partial charge in [-0.3, -0.25) is 4.79 Å². The van der Waals surface area contributed by atoms with Crippen LogP contribution in [-0.2, 0) is 9.53 Å². The number of esters is 1. The summed E-state index contributed by atoms with van der Waals surface area (Å²) in [6.07, 6.45) is 2.24. The molecule has 0 spiro atoms. The molecule has 2 amide bonds. The van der Waals surface area contributed by atoms with Crippen LogP contribution in [0.3, 0.4) is 0 Å². The van der Waals surface area contributed by atoms with E-state index in [1.807, 2.05) is 116 Å². The van der Waals surface area contributed by atoms with Crippen LogP contribution in [0.2, 0.25) is 0 Å². The Labute approximate surface area is 302 Å². The second kappa shape index (κ2) is 16.0. The van der Waals surface area contributed by atoms with E-state index in [-0.39, 0.29) is 18.6 Å². The van der Waals surface area contributed by atoms with Crippen LogP contribution in [-0.4, -0.2) is 47.9 Å². The van der Waals surface area contributed by atoms with Crippen LogP contribution in [0.25, 0.3) is 21.5 Å². The number of amides is 2. The minimum atomic E-state index is -0.616. The van der Waals surface area contributed by atoms with Gasteiger partial charge >= 0.3 is 12.0 Å². The first-order chi connectivity index (χ1) is 24.7. The van der Waals surface area contributed by atoms with Crippen molar-refractivity contribution in [1.29, 1.82) is 0 Å². The number of thioether (sulfide) groups is 1. The lowest BCUT2D eigenvalue weighted by Gasteiger charge is -2.38. The van der Waals surface area contributed by atoms with Crippen molar-refractivity contribution in [2.45, 2.75) is 50.9 Å². The van der Waals surface area contributed by atoms with E-state index in [1.54, 1.807) is 0 Å². The number of rotatable bonds is 7. The molecule has 0 radical (unpaired) electrons. The van der Waals surface area contributed by atoms with E-state index in [0.29, 0.717) is 18.5 Å². The van der Waals surface area contributed by atoms with E-state index in [4.69, 9.17) is 16.2 Å². The lowest BCUT2D eigenvalue weighted by molar-refractivity contribution is -0.144. The first-order valence-corrected chi connectivity index (χ1v) is 18.3. The van der Waals surface area contributed by atoms with Gasteiger partial charge in [0.05, 0.1) is 23.5 Å². The number of anilines is 4. The predicted octanol–water partition coefficient (Wildman–Crippen LogP) is 8.33. The van der Waals surface area contributed by atoms with Gasteiger partial charge in [-0.05, 0) is 55.8 Å². The third-order valence-electron chi connectivity index (χ3n) is 8.81. The molecule has 51 heavy (non-hydrogen) atoms. The summed E-state index contributed by atoms with van der Waals surface area (Å²) >= 11 is 1.89. The fraction of sp³-hybridized carbons (Fsp3) is 0.282. The summed E-state index contributed by atoms with van der Waals surface area (Å²) in [5.41, 5.74) is 15.9. The number of unbranched alkanes of at least 4 members (excludes halogenated alkanes) is 1. The third-order valence-corrected chi connectivity index (χ3v) is 10.00. The first-order valence-electron chi connectivity index (χ1n) is 17.1. The van der Waals surface area contributed by atoms with Crippen LogP contribution < -0.4 is 32.7 Å². The number of para-hydroxylation sites is 1. The van der Waals surface area contributed by atoms with E-state index in [9.17, 15) is 9.59 Å². The molecule has 2 saturated heterocycles. The number of fused-ring (bicyclic) bond motifs is 2. The fourth-order valence-corrected chi connectivity index (χ4v) is 7.45. The van der Waals surface area contributed by atoms with Gasteiger partial charge in [0.15, 0.2) is 0 Å². The number of nitrogen functional groups attached to an aromatic ring is 2. The largest absolute Gasteiger partial charge is 0.461 e. The number of ether oxygens (including phenoxy) is 1. The van der Waals surface area contributed by atoms with Crippen molar-refractivity contribution in [3.05, 3.63) is 97.1 Å². The minimum Gasteiger partial charge on any atom is -0.461 e. The predicted molar refractivity (Wildman–Crippen MR) is 210 cm³/mol. The summed E-state index contributed by atoms with van der Waals surface area (Å²) < 4.78 is 5.55. The van der Waals surface area contributed by atoms with Crippen molar-refractivity contribution in [1.82, 2.24) is 10.6 Å².